The van der Waals surface area contributed by atoms with Gasteiger partial charge in [0.05, 0.1) is 17.2 Å². The van der Waals surface area contributed by atoms with Crippen LogP contribution in [-0.2, 0) is 9.84 Å². The summed E-state index contributed by atoms with van der Waals surface area (Å²) in [5.74, 6) is 0.667. The third-order valence-electron chi connectivity index (χ3n) is 4.16. The second kappa shape index (κ2) is 6.48. The first-order chi connectivity index (χ1) is 10.8. The molecule has 0 unspecified atom stereocenters. The predicted molar refractivity (Wildman–Crippen MR) is 96.9 cm³/mol. The van der Waals surface area contributed by atoms with Crippen molar-refractivity contribution in [2.24, 2.45) is 0 Å². The van der Waals surface area contributed by atoms with Crippen LogP contribution in [-0.4, -0.2) is 64.7 Å². The van der Waals surface area contributed by atoms with Crippen LogP contribution in [0.3, 0.4) is 0 Å². The number of piperidine rings is 1. The van der Waals surface area contributed by atoms with Gasteiger partial charge in [0.15, 0.2) is 5.65 Å². The largest absolute Gasteiger partial charge is 0.383 e. The number of anilines is 1. The lowest BCUT2D eigenvalue weighted by Gasteiger charge is -2.31. The molecule has 2 N–H and O–H groups in total. The molecule has 0 radical (unpaired) electrons. The summed E-state index contributed by atoms with van der Waals surface area (Å²) in [5, 5.41) is 5.40. The molecular formula is C13H19IN6O2S. The third kappa shape index (κ3) is 3.74. The number of aromatic nitrogens is 4. The van der Waals surface area contributed by atoms with Crippen molar-refractivity contribution in [3.8, 4) is 0 Å². The van der Waals surface area contributed by atoms with Gasteiger partial charge in [-0.1, -0.05) is 0 Å². The van der Waals surface area contributed by atoms with Crippen molar-refractivity contribution in [2.45, 2.75) is 18.9 Å². The Balaban J connectivity index is 1.72. The summed E-state index contributed by atoms with van der Waals surface area (Å²) in [6.45, 7) is 2.31. The first-order valence-corrected chi connectivity index (χ1v) is 10.5. The molecule has 8 nitrogen and oxygen atoms in total. The Morgan fingerprint density at radius 2 is 2.04 bits per heavy atom. The molecule has 1 aliphatic rings. The smallest absolute Gasteiger partial charge is 0.164 e. The first-order valence-electron chi connectivity index (χ1n) is 7.39. The van der Waals surface area contributed by atoms with Crippen molar-refractivity contribution >= 4 is 49.3 Å². The summed E-state index contributed by atoms with van der Waals surface area (Å²) in [6.07, 6.45) is 4.58. The lowest BCUT2D eigenvalue weighted by molar-refractivity contribution is 0.190. The molecular weight excluding hydrogens is 431 g/mol. The number of sulfone groups is 1. The Bertz CT molecular complexity index is 813. The van der Waals surface area contributed by atoms with Crippen LogP contribution in [0.2, 0.25) is 0 Å². The number of nitrogen functional groups attached to an aromatic ring is 1. The van der Waals surface area contributed by atoms with Gasteiger partial charge in [0.2, 0.25) is 0 Å². The summed E-state index contributed by atoms with van der Waals surface area (Å²) in [4.78, 5) is 10.6. The van der Waals surface area contributed by atoms with Gasteiger partial charge in [0, 0.05) is 25.9 Å². The number of hydrogen-bond acceptors (Lipinski definition) is 7. The highest BCUT2D eigenvalue weighted by molar-refractivity contribution is 14.1. The zero-order valence-electron chi connectivity index (χ0n) is 12.8. The Hall–Kier alpha value is -1.01. The number of hydrogen-bond donors (Lipinski definition) is 1. The van der Waals surface area contributed by atoms with Crippen LogP contribution in [0.5, 0.6) is 0 Å². The average Bonchev–Trinajstić information content (AvgIpc) is 2.83. The minimum absolute atomic E-state index is 0.212. The van der Waals surface area contributed by atoms with E-state index in [0.717, 1.165) is 40.7 Å². The highest BCUT2D eigenvalue weighted by Gasteiger charge is 2.25. The lowest BCUT2D eigenvalue weighted by Crippen LogP contribution is -2.37. The standard InChI is InChI=1S/C13H19IN6O2S/c1-23(21,22)7-6-19-4-2-9(3-5-19)20-13-10(11(14)18-20)12(15)16-8-17-13/h8-9H,2-7H2,1H3,(H2,15,16,17). The predicted octanol–water partition coefficient (Wildman–Crippen LogP) is 0.695. The molecule has 1 saturated heterocycles. The molecule has 1 fully saturated rings. The van der Waals surface area contributed by atoms with Gasteiger partial charge >= 0.3 is 0 Å². The van der Waals surface area contributed by atoms with E-state index >= 15 is 0 Å². The van der Waals surface area contributed by atoms with Gasteiger partial charge in [-0.2, -0.15) is 5.10 Å². The number of fused-ring (bicyclic) bond motifs is 1. The molecule has 0 saturated carbocycles. The SMILES string of the molecule is CS(=O)(=O)CCN1CCC(n2nc(I)c3c(N)ncnc32)CC1. The maximum Gasteiger partial charge on any atom is 0.164 e. The van der Waals surface area contributed by atoms with Crippen molar-refractivity contribution in [1.29, 1.82) is 0 Å². The fraction of sp³-hybridized carbons (Fsp3) is 0.615. The maximum absolute atomic E-state index is 11.3. The summed E-state index contributed by atoms with van der Waals surface area (Å²) < 4.78 is 25.3. The van der Waals surface area contributed by atoms with Crippen LogP contribution in [0, 0.1) is 3.70 Å². The minimum atomic E-state index is -2.91. The van der Waals surface area contributed by atoms with E-state index in [1.807, 2.05) is 4.68 Å². The van der Waals surface area contributed by atoms with E-state index in [2.05, 4.69) is 42.6 Å². The van der Waals surface area contributed by atoms with E-state index in [4.69, 9.17) is 5.73 Å². The maximum atomic E-state index is 11.3. The molecule has 2 aromatic rings. The van der Waals surface area contributed by atoms with Crippen LogP contribution >= 0.6 is 22.6 Å². The van der Waals surface area contributed by atoms with Crippen LogP contribution in [0.4, 0.5) is 5.82 Å². The van der Waals surface area contributed by atoms with Crippen molar-refractivity contribution in [1.82, 2.24) is 24.6 Å². The summed E-state index contributed by atoms with van der Waals surface area (Å²) >= 11 is 2.16. The van der Waals surface area contributed by atoms with Crippen LogP contribution < -0.4 is 5.73 Å². The molecule has 0 aliphatic carbocycles. The first kappa shape index (κ1) is 16.8. The Morgan fingerprint density at radius 3 is 2.70 bits per heavy atom. The summed E-state index contributed by atoms with van der Waals surface area (Å²) in [6, 6.07) is 0.254. The highest BCUT2D eigenvalue weighted by atomic mass is 127. The van der Waals surface area contributed by atoms with Crippen molar-refractivity contribution < 1.29 is 8.42 Å². The second-order valence-electron chi connectivity index (χ2n) is 5.90. The van der Waals surface area contributed by atoms with Gasteiger partial charge in [-0.15, -0.1) is 0 Å². The summed E-state index contributed by atoms with van der Waals surface area (Å²) in [5.41, 5.74) is 6.70. The molecule has 0 spiro atoms. The van der Waals surface area contributed by atoms with E-state index in [0.29, 0.717) is 12.4 Å². The van der Waals surface area contributed by atoms with Crippen molar-refractivity contribution in [3.05, 3.63) is 10.0 Å². The van der Waals surface area contributed by atoms with Crippen molar-refractivity contribution in [3.63, 3.8) is 0 Å². The molecule has 0 amide bonds. The third-order valence-corrected chi connectivity index (χ3v) is 5.84. The quantitative estimate of drug-likeness (QED) is 0.684. The molecule has 0 bridgehead atoms. The van der Waals surface area contributed by atoms with Gasteiger partial charge in [0.1, 0.15) is 25.7 Å². The molecule has 23 heavy (non-hydrogen) atoms. The van der Waals surface area contributed by atoms with E-state index in [-0.39, 0.29) is 11.8 Å². The second-order valence-corrected chi connectivity index (χ2v) is 9.18. The van der Waals surface area contributed by atoms with Gasteiger partial charge < -0.3 is 10.6 Å². The van der Waals surface area contributed by atoms with Crippen LogP contribution in [0.1, 0.15) is 18.9 Å². The van der Waals surface area contributed by atoms with Gasteiger partial charge in [-0.3, -0.25) is 0 Å². The zero-order valence-corrected chi connectivity index (χ0v) is 15.8. The average molecular weight is 450 g/mol. The lowest BCUT2D eigenvalue weighted by atomic mass is 10.1. The Kier molecular flexibility index (Phi) is 4.74. The monoisotopic (exact) mass is 450 g/mol. The molecule has 3 heterocycles. The molecule has 1 aliphatic heterocycles. The highest BCUT2D eigenvalue weighted by Crippen LogP contribution is 2.29. The number of nitrogens with zero attached hydrogens (tertiary/aromatic N) is 5. The number of halogens is 1. The summed E-state index contributed by atoms with van der Waals surface area (Å²) in [7, 11) is -2.91. The molecule has 0 aromatic carbocycles. The number of likely N-dealkylation sites (tertiary alicyclic amines) is 1. The molecule has 10 heteroatoms. The van der Waals surface area contributed by atoms with Gasteiger partial charge in [-0.05, 0) is 35.4 Å². The normalized spacial score (nSPS) is 17.8. The van der Waals surface area contributed by atoms with Crippen LogP contribution in [0.25, 0.3) is 11.0 Å². The van der Waals surface area contributed by atoms with Crippen molar-refractivity contribution in [2.75, 3.05) is 37.4 Å². The molecule has 2 aromatic heterocycles. The fourth-order valence-electron chi connectivity index (χ4n) is 2.89. The van der Waals surface area contributed by atoms with Gasteiger partial charge in [0.25, 0.3) is 0 Å². The van der Waals surface area contributed by atoms with E-state index < -0.39 is 9.84 Å². The molecule has 0 atom stereocenters. The number of rotatable bonds is 4. The number of nitrogens with two attached hydrogens (primary N) is 1. The fourth-order valence-corrected chi connectivity index (χ4v) is 4.23. The minimum Gasteiger partial charge on any atom is -0.383 e. The topological polar surface area (TPSA) is 107 Å². The molecule has 126 valence electrons. The Labute approximate surface area is 148 Å². The zero-order chi connectivity index (χ0) is 16.6. The van der Waals surface area contributed by atoms with E-state index in [1.54, 1.807) is 0 Å². The Morgan fingerprint density at radius 1 is 1.35 bits per heavy atom. The van der Waals surface area contributed by atoms with E-state index in [1.165, 1.54) is 12.6 Å². The van der Waals surface area contributed by atoms with Crippen LogP contribution in [0.15, 0.2) is 6.33 Å². The van der Waals surface area contributed by atoms with E-state index in [9.17, 15) is 8.42 Å². The van der Waals surface area contributed by atoms with Gasteiger partial charge in [-0.25, -0.2) is 23.1 Å². The molecule has 3 rings (SSSR count).